The van der Waals surface area contributed by atoms with Crippen molar-refractivity contribution in [1.29, 1.82) is 0 Å². The number of fused-ring (bicyclic) bond motifs is 1. The summed E-state index contributed by atoms with van der Waals surface area (Å²) in [6.45, 7) is 3.99. The molecule has 1 aromatic carbocycles. The first kappa shape index (κ1) is 11.4. The van der Waals surface area contributed by atoms with Crippen LogP contribution < -0.4 is 10.6 Å². The van der Waals surface area contributed by atoms with Crippen LogP contribution in [0, 0.1) is 6.92 Å². The van der Waals surface area contributed by atoms with Gasteiger partial charge in [0.2, 0.25) is 0 Å². The summed E-state index contributed by atoms with van der Waals surface area (Å²) in [4.78, 5) is 11.7. The molecule has 0 unspecified atom stereocenters. The molecule has 3 rings (SSSR count). The minimum Gasteiger partial charge on any atom is -0.355 e. The first-order chi connectivity index (χ1) is 8.74. The Bertz CT molecular complexity index is 559. The Morgan fingerprint density at radius 2 is 1.72 bits per heavy atom. The van der Waals surface area contributed by atoms with E-state index in [0.29, 0.717) is 6.04 Å². The normalized spacial score (nSPS) is 17.3. The van der Waals surface area contributed by atoms with Gasteiger partial charge in [-0.15, -0.1) is 0 Å². The van der Waals surface area contributed by atoms with Crippen LogP contribution in [0.5, 0.6) is 0 Å². The molecule has 4 nitrogen and oxygen atoms in total. The molecule has 0 radical (unpaired) electrons. The molecule has 2 N–H and O–H groups in total. The molecule has 0 bridgehead atoms. The van der Waals surface area contributed by atoms with Gasteiger partial charge in [-0.05, 0) is 31.9 Å². The van der Waals surface area contributed by atoms with Crippen molar-refractivity contribution in [3.05, 3.63) is 30.0 Å². The molecule has 0 amide bonds. The van der Waals surface area contributed by atoms with Crippen LogP contribution in [0.25, 0.3) is 11.0 Å². The molecule has 0 atom stereocenters. The molecule has 4 heteroatoms. The van der Waals surface area contributed by atoms with Gasteiger partial charge in [-0.3, -0.25) is 0 Å². The summed E-state index contributed by atoms with van der Waals surface area (Å²) >= 11 is 0. The predicted octanol–water partition coefficient (Wildman–Crippen LogP) is 1.87. The molecule has 0 aliphatic carbocycles. The first-order valence-corrected chi connectivity index (χ1v) is 6.48. The van der Waals surface area contributed by atoms with Gasteiger partial charge in [-0.2, -0.15) is 0 Å². The van der Waals surface area contributed by atoms with Gasteiger partial charge in [0.1, 0.15) is 0 Å². The van der Waals surface area contributed by atoms with Crippen molar-refractivity contribution in [2.45, 2.75) is 25.8 Å². The van der Waals surface area contributed by atoms with Gasteiger partial charge in [-0.1, -0.05) is 12.1 Å². The molecule has 1 saturated heterocycles. The van der Waals surface area contributed by atoms with Crippen molar-refractivity contribution in [1.82, 2.24) is 9.97 Å². The van der Waals surface area contributed by atoms with Gasteiger partial charge in [0.05, 0.1) is 16.7 Å². The molecule has 94 valence electrons. The molecule has 2 heterocycles. The second-order valence-electron chi connectivity index (χ2n) is 4.95. The summed E-state index contributed by atoms with van der Waals surface area (Å²) in [5, 5.41) is 0. The van der Waals surface area contributed by atoms with E-state index in [9.17, 15) is 0 Å². The summed E-state index contributed by atoms with van der Waals surface area (Å²) in [6.07, 6.45) is 2.07. The van der Waals surface area contributed by atoms with E-state index in [2.05, 4.69) is 9.88 Å². The number of hydrogen-bond acceptors (Lipinski definition) is 4. The lowest BCUT2D eigenvalue weighted by atomic mass is 10.1. The van der Waals surface area contributed by atoms with Crippen LogP contribution in [0.3, 0.4) is 0 Å². The number of para-hydroxylation sites is 2. The highest BCUT2D eigenvalue weighted by Gasteiger charge is 2.19. The maximum absolute atomic E-state index is 5.94. The molecule has 1 aromatic heterocycles. The Kier molecular flexibility index (Phi) is 2.88. The van der Waals surface area contributed by atoms with Crippen molar-refractivity contribution in [3.63, 3.8) is 0 Å². The Balaban J connectivity index is 1.98. The fourth-order valence-electron chi connectivity index (χ4n) is 2.49. The monoisotopic (exact) mass is 242 g/mol. The lowest BCUT2D eigenvalue weighted by molar-refractivity contribution is 0.498. The highest BCUT2D eigenvalue weighted by molar-refractivity contribution is 5.76. The van der Waals surface area contributed by atoms with Gasteiger partial charge >= 0.3 is 0 Å². The van der Waals surface area contributed by atoms with Gasteiger partial charge in [0.15, 0.2) is 5.82 Å². The van der Waals surface area contributed by atoms with Crippen LogP contribution in [-0.2, 0) is 0 Å². The fraction of sp³-hybridized carbons (Fsp3) is 0.429. The number of hydrogen-bond donors (Lipinski definition) is 1. The zero-order valence-corrected chi connectivity index (χ0v) is 10.6. The van der Waals surface area contributed by atoms with Crippen molar-refractivity contribution in [2.24, 2.45) is 5.73 Å². The lowest BCUT2D eigenvalue weighted by Crippen LogP contribution is -2.40. The topological polar surface area (TPSA) is 55.0 Å². The highest BCUT2D eigenvalue weighted by atomic mass is 15.2. The fourth-order valence-corrected chi connectivity index (χ4v) is 2.49. The lowest BCUT2D eigenvalue weighted by Gasteiger charge is -2.31. The minimum absolute atomic E-state index is 0.343. The summed E-state index contributed by atoms with van der Waals surface area (Å²) < 4.78 is 0. The number of nitrogens with two attached hydrogens (primary N) is 1. The summed E-state index contributed by atoms with van der Waals surface area (Å²) in [7, 11) is 0. The summed E-state index contributed by atoms with van der Waals surface area (Å²) in [5.41, 5.74) is 8.88. The number of rotatable bonds is 1. The van der Waals surface area contributed by atoms with Crippen LogP contribution in [0.4, 0.5) is 5.82 Å². The maximum atomic E-state index is 5.94. The predicted molar refractivity (Wildman–Crippen MR) is 73.7 cm³/mol. The Labute approximate surface area is 107 Å². The zero-order chi connectivity index (χ0) is 12.5. The average molecular weight is 242 g/mol. The van der Waals surface area contributed by atoms with Crippen molar-refractivity contribution in [3.8, 4) is 0 Å². The first-order valence-electron chi connectivity index (χ1n) is 6.48. The SMILES string of the molecule is Cc1nc2ccccc2nc1N1CCC(N)CC1. The van der Waals surface area contributed by atoms with E-state index in [0.717, 1.165) is 48.5 Å². The second-order valence-corrected chi connectivity index (χ2v) is 4.95. The molecular formula is C14H18N4. The van der Waals surface area contributed by atoms with Crippen molar-refractivity contribution in [2.75, 3.05) is 18.0 Å². The third-order valence-corrected chi connectivity index (χ3v) is 3.56. The number of benzene rings is 1. The minimum atomic E-state index is 0.343. The molecular weight excluding hydrogens is 224 g/mol. The van der Waals surface area contributed by atoms with Crippen molar-refractivity contribution >= 4 is 16.9 Å². The van der Waals surface area contributed by atoms with E-state index in [4.69, 9.17) is 10.7 Å². The quantitative estimate of drug-likeness (QED) is 0.829. The molecule has 0 spiro atoms. The van der Waals surface area contributed by atoms with E-state index < -0.39 is 0 Å². The van der Waals surface area contributed by atoms with Crippen LogP contribution >= 0.6 is 0 Å². The second kappa shape index (κ2) is 4.53. The molecule has 2 aromatic rings. The summed E-state index contributed by atoms with van der Waals surface area (Å²) in [6, 6.07) is 8.36. The van der Waals surface area contributed by atoms with E-state index in [-0.39, 0.29) is 0 Å². The molecule has 1 aliphatic heterocycles. The zero-order valence-electron chi connectivity index (χ0n) is 10.6. The Hall–Kier alpha value is -1.68. The van der Waals surface area contributed by atoms with Gasteiger partial charge in [0.25, 0.3) is 0 Å². The molecule has 18 heavy (non-hydrogen) atoms. The average Bonchev–Trinajstić information content (AvgIpc) is 2.39. The van der Waals surface area contributed by atoms with Crippen LogP contribution in [-0.4, -0.2) is 29.1 Å². The van der Waals surface area contributed by atoms with Crippen molar-refractivity contribution < 1.29 is 0 Å². The molecule has 0 saturated carbocycles. The number of piperidine rings is 1. The number of nitrogens with zero attached hydrogens (tertiary/aromatic N) is 3. The molecule has 1 fully saturated rings. The number of anilines is 1. The third-order valence-electron chi connectivity index (χ3n) is 3.56. The third kappa shape index (κ3) is 2.04. The van der Waals surface area contributed by atoms with E-state index in [1.54, 1.807) is 0 Å². The molecule has 1 aliphatic rings. The Morgan fingerprint density at radius 1 is 1.11 bits per heavy atom. The van der Waals surface area contributed by atoms with Crippen LogP contribution in [0.15, 0.2) is 24.3 Å². The summed E-state index contributed by atoms with van der Waals surface area (Å²) in [5.74, 6) is 1.01. The van der Waals surface area contributed by atoms with E-state index in [1.807, 2.05) is 31.2 Å². The van der Waals surface area contributed by atoms with Crippen LogP contribution in [0.1, 0.15) is 18.5 Å². The highest BCUT2D eigenvalue weighted by Crippen LogP contribution is 2.22. The van der Waals surface area contributed by atoms with Gasteiger partial charge < -0.3 is 10.6 Å². The standard InChI is InChI=1S/C14H18N4/c1-10-14(18-8-6-11(15)7-9-18)17-13-5-3-2-4-12(13)16-10/h2-5,11H,6-9,15H2,1H3. The maximum Gasteiger partial charge on any atom is 0.150 e. The smallest absolute Gasteiger partial charge is 0.150 e. The van der Waals surface area contributed by atoms with E-state index in [1.165, 1.54) is 0 Å². The van der Waals surface area contributed by atoms with Crippen LogP contribution in [0.2, 0.25) is 0 Å². The number of aromatic nitrogens is 2. The Morgan fingerprint density at radius 3 is 2.39 bits per heavy atom. The van der Waals surface area contributed by atoms with Gasteiger partial charge in [0, 0.05) is 19.1 Å². The number of aryl methyl sites for hydroxylation is 1. The largest absolute Gasteiger partial charge is 0.355 e. The van der Waals surface area contributed by atoms with Gasteiger partial charge in [-0.25, -0.2) is 9.97 Å². The van der Waals surface area contributed by atoms with E-state index >= 15 is 0 Å².